The van der Waals surface area contributed by atoms with Crippen LogP contribution in [0, 0.1) is 5.92 Å². The lowest BCUT2D eigenvalue weighted by Gasteiger charge is -2.31. The number of anilines is 1. The molecule has 0 fully saturated rings. The van der Waals surface area contributed by atoms with Crippen LogP contribution in [0.1, 0.15) is 26.3 Å². The summed E-state index contributed by atoms with van der Waals surface area (Å²) < 4.78 is 0. The SMILES string of the molecule is CNC(C)C(=O)N[C@H](C(=O)N1c2ncccc2CC1CNC(=O)N(C)C)C(C)C.Cl. The fourth-order valence-electron chi connectivity index (χ4n) is 3.21. The normalized spacial score (nSPS) is 16.9. The zero-order valence-electron chi connectivity index (χ0n) is 18.4. The molecule has 3 atom stereocenters. The average Bonchev–Trinajstić information content (AvgIpc) is 3.06. The maximum atomic E-state index is 13.5. The number of amides is 4. The first kappa shape index (κ1) is 25.6. The summed E-state index contributed by atoms with van der Waals surface area (Å²) in [6, 6.07) is 2.16. The zero-order chi connectivity index (χ0) is 21.7. The van der Waals surface area contributed by atoms with Crippen LogP contribution >= 0.6 is 12.4 Å². The smallest absolute Gasteiger partial charge is 0.316 e. The number of aromatic nitrogens is 1. The lowest BCUT2D eigenvalue weighted by atomic mass is 10.0. The van der Waals surface area contributed by atoms with Gasteiger partial charge in [-0.05, 0) is 37.9 Å². The van der Waals surface area contributed by atoms with Crippen LogP contribution in [-0.4, -0.2) is 73.5 Å². The molecule has 2 heterocycles. The predicted molar refractivity (Wildman–Crippen MR) is 119 cm³/mol. The van der Waals surface area contributed by atoms with Crippen molar-refractivity contribution >= 4 is 36.1 Å². The molecule has 2 rings (SSSR count). The maximum Gasteiger partial charge on any atom is 0.316 e. The Balaban J connectivity index is 0.00000450. The number of nitrogens with zero attached hydrogens (tertiary/aromatic N) is 3. The molecule has 0 aromatic carbocycles. The first-order chi connectivity index (χ1) is 13.7. The lowest BCUT2D eigenvalue weighted by Crippen LogP contribution is -2.57. The van der Waals surface area contributed by atoms with E-state index >= 15 is 0 Å². The van der Waals surface area contributed by atoms with Gasteiger partial charge in [0.15, 0.2) is 0 Å². The quantitative estimate of drug-likeness (QED) is 0.581. The van der Waals surface area contributed by atoms with E-state index in [1.54, 1.807) is 39.2 Å². The van der Waals surface area contributed by atoms with Gasteiger partial charge in [-0.1, -0.05) is 19.9 Å². The molecule has 0 saturated carbocycles. The Morgan fingerprint density at radius 2 is 1.93 bits per heavy atom. The highest BCUT2D eigenvalue weighted by atomic mass is 35.5. The number of likely N-dealkylation sites (N-methyl/N-ethyl adjacent to an activating group) is 1. The fourth-order valence-corrected chi connectivity index (χ4v) is 3.21. The fraction of sp³-hybridized carbons (Fsp3) is 0.600. The highest BCUT2D eigenvalue weighted by Crippen LogP contribution is 2.31. The van der Waals surface area contributed by atoms with Crippen LogP contribution in [0.2, 0.25) is 0 Å². The van der Waals surface area contributed by atoms with Gasteiger partial charge >= 0.3 is 6.03 Å². The van der Waals surface area contributed by atoms with E-state index in [1.807, 2.05) is 26.0 Å². The summed E-state index contributed by atoms with van der Waals surface area (Å²) >= 11 is 0. The molecule has 0 bridgehead atoms. The summed E-state index contributed by atoms with van der Waals surface area (Å²) in [6.07, 6.45) is 2.24. The number of hydrogen-bond donors (Lipinski definition) is 3. The van der Waals surface area contributed by atoms with Gasteiger partial charge in [-0.15, -0.1) is 12.4 Å². The van der Waals surface area contributed by atoms with Gasteiger partial charge in [-0.25, -0.2) is 9.78 Å². The van der Waals surface area contributed by atoms with E-state index in [4.69, 9.17) is 0 Å². The van der Waals surface area contributed by atoms with Gasteiger partial charge in [0, 0.05) is 26.8 Å². The molecule has 2 unspecified atom stereocenters. The van der Waals surface area contributed by atoms with E-state index < -0.39 is 12.1 Å². The number of nitrogens with one attached hydrogen (secondary N) is 3. The number of carbonyl (C=O) groups is 3. The summed E-state index contributed by atoms with van der Waals surface area (Å²) in [5.41, 5.74) is 0.947. The molecule has 1 aliphatic heterocycles. The van der Waals surface area contributed by atoms with Crippen LogP contribution in [0.25, 0.3) is 0 Å². The molecule has 30 heavy (non-hydrogen) atoms. The van der Waals surface area contributed by atoms with E-state index in [0.717, 1.165) is 5.56 Å². The first-order valence-electron chi connectivity index (χ1n) is 9.87. The molecule has 9 nitrogen and oxygen atoms in total. The Morgan fingerprint density at radius 1 is 1.27 bits per heavy atom. The second kappa shape index (κ2) is 11.1. The maximum absolute atomic E-state index is 13.5. The highest BCUT2D eigenvalue weighted by Gasteiger charge is 2.39. The minimum Gasteiger partial charge on any atom is -0.343 e. The molecule has 4 amide bonds. The zero-order valence-corrected chi connectivity index (χ0v) is 19.2. The monoisotopic (exact) mass is 440 g/mol. The summed E-state index contributed by atoms with van der Waals surface area (Å²) in [7, 11) is 5.02. The van der Waals surface area contributed by atoms with Gasteiger partial charge in [-0.3, -0.25) is 14.5 Å². The van der Waals surface area contributed by atoms with E-state index in [2.05, 4.69) is 20.9 Å². The molecule has 1 aromatic rings. The molecule has 0 radical (unpaired) electrons. The van der Waals surface area contributed by atoms with Crippen molar-refractivity contribution in [3.8, 4) is 0 Å². The van der Waals surface area contributed by atoms with Gasteiger partial charge in [0.1, 0.15) is 11.9 Å². The number of hydrogen-bond acceptors (Lipinski definition) is 5. The highest BCUT2D eigenvalue weighted by molar-refractivity contribution is 6.01. The molecule has 10 heteroatoms. The van der Waals surface area contributed by atoms with E-state index in [0.29, 0.717) is 18.8 Å². The van der Waals surface area contributed by atoms with Gasteiger partial charge in [0.05, 0.1) is 12.1 Å². The van der Waals surface area contributed by atoms with Crippen molar-refractivity contribution in [3.63, 3.8) is 0 Å². The van der Waals surface area contributed by atoms with Gasteiger partial charge in [0.2, 0.25) is 5.91 Å². The van der Waals surface area contributed by atoms with Gasteiger partial charge in [-0.2, -0.15) is 0 Å². The van der Waals surface area contributed by atoms with Gasteiger partial charge < -0.3 is 20.9 Å². The van der Waals surface area contributed by atoms with E-state index in [-0.39, 0.29) is 42.2 Å². The molecule has 168 valence electrons. The van der Waals surface area contributed by atoms with Crippen LogP contribution < -0.4 is 20.9 Å². The summed E-state index contributed by atoms with van der Waals surface area (Å²) in [6.45, 7) is 5.82. The van der Waals surface area contributed by atoms with Crippen molar-refractivity contribution in [2.24, 2.45) is 5.92 Å². The predicted octanol–water partition coefficient (Wildman–Crippen LogP) is 0.781. The van der Waals surface area contributed by atoms with E-state index in [9.17, 15) is 14.4 Å². The Hall–Kier alpha value is -2.39. The average molecular weight is 441 g/mol. The number of pyridine rings is 1. The summed E-state index contributed by atoms with van der Waals surface area (Å²) in [5, 5.41) is 8.59. The van der Waals surface area contributed by atoms with E-state index in [1.165, 1.54) is 4.90 Å². The Morgan fingerprint density at radius 3 is 2.50 bits per heavy atom. The number of fused-ring (bicyclic) bond motifs is 1. The van der Waals surface area contributed by atoms with Crippen LogP contribution in [0.15, 0.2) is 18.3 Å². The van der Waals surface area contributed by atoms with Crippen LogP contribution in [0.3, 0.4) is 0 Å². The third kappa shape index (κ3) is 5.82. The molecule has 0 aliphatic carbocycles. The second-order valence-electron chi connectivity index (χ2n) is 7.87. The van der Waals surface area contributed by atoms with Crippen molar-refractivity contribution in [2.45, 2.75) is 45.3 Å². The van der Waals surface area contributed by atoms with Gasteiger partial charge in [0.25, 0.3) is 5.91 Å². The van der Waals surface area contributed by atoms with Crippen molar-refractivity contribution in [3.05, 3.63) is 23.9 Å². The number of halogens is 1. The Labute approximate surface area is 184 Å². The van der Waals surface area contributed by atoms with Crippen molar-refractivity contribution in [1.29, 1.82) is 0 Å². The van der Waals surface area contributed by atoms with Crippen molar-refractivity contribution in [1.82, 2.24) is 25.8 Å². The molecular weight excluding hydrogens is 408 g/mol. The number of rotatable bonds is 7. The van der Waals surface area contributed by atoms with Crippen LogP contribution in [0.5, 0.6) is 0 Å². The largest absolute Gasteiger partial charge is 0.343 e. The Bertz CT molecular complexity index is 758. The van der Waals surface area contributed by atoms with Crippen LogP contribution in [0.4, 0.5) is 10.6 Å². The minimum atomic E-state index is -0.696. The first-order valence-corrected chi connectivity index (χ1v) is 9.87. The number of urea groups is 1. The van der Waals surface area contributed by atoms with Crippen LogP contribution in [-0.2, 0) is 16.0 Å². The minimum absolute atomic E-state index is 0. The van der Waals surface area contributed by atoms with Crippen molar-refractivity contribution in [2.75, 3.05) is 32.6 Å². The molecule has 0 saturated heterocycles. The lowest BCUT2D eigenvalue weighted by molar-refractivity contribution is -0.129. The van der Waals surface area contributed by atoms with Crippen molar-refractivity contribution < 1.29 is 14.4 Å². The molecule has 0 spiro atoms. The standard InChI is InChI=1S/C20H32N6O3.ClH/c1-12(2)16(24-18(27)13(3)21-4)19(28)26-15(11-23-20(29)25(5)6)10-14-8-7-9-22-17(14)26;/h7-9,12-13,15-16,21H,10-11H2,1-6H3,(H,23,29)(H,24,27);1H/t13?,15?,16-;/m0./s1. The third-order valence-electron chi connectivity index (χ3n) is 5.11. The molecule has 1 aliphatic rings. The summed E-state index contributed by atoms with van der Waals surface area (Å²) in [4.78, 5) is 45.4. The second-order valence-corrected chi connectivity index (χ2v) is 7.87. The molecule has 3 N–H and O–H groups in total. The molecule has 1 aromatic heterocycles. The number of carbonyl (C=O) groups excluding carboxylic acids is 3. The molecular formula is C20H33ClN6O3. The Kier molecular flexibility index (Phi) is 9.51. The summed E-state index contributed by atoms with van der Waals surface area (Å²) in [5.74, 6) is 0.0131. The topological polar surface area (TPSA) is 107 Å². The third-order valence-corrected chi connectivity index (χ3v) is 5.11.